The number of aryl methyl sites for hydroxylation is 1. The molecule has 8 heteroatoms. The molecule has 0 spiro atoms. The fourth-order valence-electron chi connectivity index (χ4n) is 3.12. The maximum Gasteiger partial charge on any atom is 0.241 e. The van der Waals surface area contributed by atoms with Gasteiger partial charge in [0.05, 0.1) is 17.0 Å². The van der Waals surface area contributed by atoms with Crippen molar-refractivity contribution < 1.29 is 8.42 Å². The molecule has 0 atom stereocenters. The zero-order chi connectivity index (χ0) is 19.6. The van der Waals surface area contributed by atoms with E-state index in [2.05, 4.69) is 19.8 Å². The lowest BCUT2D eigenvalue weighted by Gasteiger charge is -2.11. The fraction of sp³-hybridized carbons (Fsp3) is 0.150. The molecule has 0 aliphatic carbocycles. The highest BCUT2D eigenvalue weighted by molar-refractivity contribution is 7.89. The summed E-state index contributed by atoms with van der Waals surface area (Å²) < 4.78 is 30.2. The number of hydrogen-bond acceptors (Lipinski definition) is 5. The van der Waals surface area contributed by atoms with E-state index in [0.717, 1.165) is 16.7 Å². The molecule has 0 saturated heterocycles. The second-order valence-corrected chi connectivity index (χ2v) is 8.25. The highest BCUT2D eigenvalue weighted by Gasteiger charge is 2.18. The van der Waals surface area contributed by atoms with Crippen LogP contribution in [0.25, 0.3) is 10.9 Å². The van der Waals surface area contributed by atoms with Crippen LogP contribution < -0.4 is 4.72 Å². The number of fused-ring (bicyclic) bond motifs is 1. The molecule has 0 bridgehead atoms. The first-order valence-electron chi connectivity index (χ1n) is 8.77. The summed E-state index contributed by atoms with van der Waals surface area (Å²) in [5.74, 6) is 0. The molecule has 0 fully saturated rings. The molecule has 0 saturated carbocycles. The molecule has 2 heterocycles. The van der Waals surface area contributed by atoms with Gasteiger partial charge in [-0.1, -0.05) is 30.3 Å². The lowest BCUT2D eigenvalue weighted by Crippen LogP contribution is -2.23. The zero-order valence-corrected chi connectivity index (χ0v) is 16.1. The maximum atomic E-state index is 12.9. The average Bonchev–Trinajstić information content (AvgIpc) is 3.20. The SMILES string of the molecule is Cc1ccc(S(=O)(=O)NCc2cccc(Cn3cncn3)c2)c2cccnc12. The lowest BCUT2D eigenvalue weighted by molar-refractivity contribution is 0.582. The Balaban J connectivity index is 1.56. The Morgan fingerprint density at radius 2 is 1.93 bits per heavy atom. The summed E-state index contributed by atoms with van der Waals surface area (Å²) >= 11 is 0. The molecule has 7 nitrogen and oxygen atoms in total. The molecule has 4 aromatic rings. The Bertz CT molecular complexity index is 1220. The second-order valence-electron chi connectivity index (χ2n) is 6.52. The van der Waals surface area contributed by atoms with Crippen LogP contribution in [0.3, 0.4) is 0 Å². The molecule has 28 heavy (non-hydrogen) atoms. The first-order chi connectivity index (χ1) is 13.5. The summed E-state index contributed by atoms with van der Waals surface area (Å²) in [6.45, 7) is 2.69. The van der Waals surface area contributed by atoms with E-state index in [-0.39, 0.29) is 11.4 Å². The van der Waals surface area contributed by atoms with Crippen molar-refractivity contribution in [1.82, 2.24) is 24.5 Å². The predicted molar refractivity (Wildman–Crippen MR) is 106 cm³/mol. The van der Waals surface area contributed by atoms with Crippen molar-refractivity contribution in [2.24, 2.45) is 0 Å². The van der Waals surface area contributed by atoms with Crippen LogP contribution in [0.4, 0.5) is 0 Å². The number of hydrogen-bond donors (Lipinski definition) is 1. The number of rotatable bonds is 6. The van der Waals surface area contributed by atoms with E-state index in [0.29, 0.717) is 17.4 Å². The van der Waals surface area contributed by atoms with Crippen LogP contribution in [-0.4, -0.2) is 28.2 Å². The van der Waals surface area contributed by atoms with Gasteiger partial charge in [0.2, 0.25) is 10.0 Å². The van der Waals surface area contributed by atoms with Crippen LogP contribution in [0.2, 0.25) is 0 Å². The largest absolute Gasteiger partial charge is 0.256 e. The van der Waals surface area contributed by atoms with Crippen molar-refractivity contribution in [1.29, 1.82) is 0 Å². The summed E-state index contributed by atoms with van der Waals surface area (Å²) in [4.78, 5) is 8.48. The smallest absolute Gasteiger partial charge is 0.241 e. The number of nitrogens with zero attached hydrogens (tertiary/aromatic N) is 4. The van der Waals surface area contributed by atoms with Crippen molar-refractivity contribution in [3.8, 4) is 0 Å². The van der Waals surface area contributed by atoms with Crippen molar-refractivity contribution in [3.05, 3.63) is 84.1 Å². The molecular formula is C20H19N5O2S. The number of benzene rings is 2. The minimum atomic E-state index is -3.68. The number of pyridine rings is 1. The number of sulfonamides is 1. The Labute approximate surface area is 163 Å². The van der Waals surface area contributed by atoms with E-state index in [1.54, 1.807) is 41.5 Å². The Kier molecular flexibility index (Phi) is 4.89. The van der Waals surface area contributed by atoms with Crippen LogP contribution in [0.5, 0.6) is 0 Å². The van der Waals surface area contributed by atoms with Gasteiger partial charge in [-0.25, -0.2) is 22.8 Å². The first kappa shape index (κ1) is 18.3. The van der Waals surface area contributed by atoms with E-state index in [1.807, 2.05) is 31.2 Å². The summed E-state index contributed by atoms with van der Waals surface area (Å²) in [7, 11) is -3.68. The lowest BCUT2D eigenvalue weighted by atomic mass is 10.1. The van der Waals surface area contributed by atoms with Gasteiger partial charge in [0, 0.05) is 18.1 Å². The van der Waals surface area contributed by atoms with Gasteiger partial charge in [-0.15, -0.1) is 0 Å². The van der Waals surface area contributed by atoms with Crippen LogP contribution in [0.1, 0.15) is 16.7 Å². The third kappa shape index (κ3) is 3.78. The molecule has 1 N–H and O–H groups in total. The van der Waals surface area contributed by atoms with Crippen molar-refractivity contribution in [2.75, 3.05) is 0 Å². The van der Waals surface area contributed by atoms with Crippen molar-refractivity contribution in [2.45, 2.75) is 24.9 Å². The van der Waals surface area contributed by atoms with Crippen LogP contribution >= 0.6 is 0 Å². The van der Waals surface area contributed by atoms with E-state index in [9.17, 15) is 8.42 Å². The molecule has 142 valence electrons. The second kappa shape index (κ2) is 7.49. The summed E-state index contributed by atoms with van der Waals surface area (Å²) in [5, 5.41) is 4.71. The normalized spacial score (nSPS) is 11.8. The number of nitrogens with one attached hydrogen (secondary N) is 1. The van der Waals surface area contributed by atoms with Gasteiger partial charge in [-0.2, -0.15) is 5.10 Å². The molecule has 2 aromatic carbocycles. The summed E-state index contributed by atoms with van der Waals surface area (Å²) in [5.41, 5.74) is 3.53. The Morgan fingerprint density at radius 3 is 2.75 bits per heavy atom. The molecule has 2 aromatic heterocycles. The minimum Gasteiger partial charge on any atom is -0.256 e. The van der Waals surface area contributed by atoms with Gasteiger partial charge in [0.25, 0.3) is 0 Å². The first-order valence-corrected chi connectivity index (χ1v) is 10.3. The monoisotopic (exact) mass is 393 g/mol. The van der Waals surface area contributed by atoms with Gasteiger partial charge in [-0.3, -0.25) is 4.98 Å². The zero-order valence-electron chi connectivity index (χ0n) is 15.3. The summed E-state index contributed by atoms with van der Waals surface area (Å²) in [6, 6.07) is 14.7. The van der Waals surface area contributed by atoms with Gasteiger partial charge in [0.1, 0.15) is 12.7 Å². The third-order valence-electron chi connectivity index (χ3n) is 4.49. The van der Waals surface area contributed by atoms with Gasteiger partial charge < -0.3 is 0 Å². The van der Waals surface area contributed by atoms with Gasteiger partial charge in [-0.05, 0) is 41.8 Å². The van der Waals surface area contributed by atoms with E-state index >= 15 is 0 Å². The van der Waals surface area contributed by atoms with Gasteiger partial charge >= 0.3 is 0 Å². The number of aromatic nitrogens is 4. The molecule has 0 radical (unpaired) electrons. The minimum absolute atomic E-state index is 0.198. The molecule has 0 unspecified atom stereocenters. The average molecular weight is 393 g/mol. The van der Waals surface area contributed by atoms with E-state index in [1.165, 1.54) is 6.33 Å². The molecule has 0 aliphatic heterocycles. The maximum absolute atomic E-state index is 12.9. The van der Waals surface area contributed by atoms with Crippen molar-refractivity contribution >= 4 is 20.9 Å². The molecule has 0 aliphatic rings. The quantitative estimate of drug-likeness (QED) is 0.544. The topological polar surface area (TPSA) is 89.8 Å². The Morgan fingerprint density at radius 1 is 1.07 bits per heavy atom. The van der Waals surface area contributed by atoms with Gasteiger partial charge in [0.15, 0.2) is 0 Å². The fourth-order valence-corrected chi connectivity index (χ4v) is 4.33. The van der Waals surface area contributed by atoms with Crippen LogP contribution in [-0.2, 0) is 23.1 Å². The van der Waals surface area contributed by atoms with Crippen LogP contribution in [0.15, 0.2) is 72.3 Å². The molecular weight excluding hydrogens is 374 g/mol. The highest BCUT2D eigenvalue weighted by Crippen LogP contribution is 2.24. The molecule has 0 amide bonds. The van der Waals surface area contributed by atoms with Crippen LogP contribution in [0, 0.1) is 6.92 Å². The van der Waals surface area contributed by atoms with Crippen molar-refractivity contribution in [3.63, 3.8) is 0 Å². The van der Waals surface area contributed by atoms with E-state index < -0.39 is 10.0 Å². The summed E-state index contributed by atoms with van der Waals surface area (Å²) in [6.07, 6.45) is 4.80. The Hall–Kier alpha value is -3.10. The highest BCUT2D eigenvalue weighted by atomic mass is 32.2. The molecule has 4 rings (SSSR count). The predicted octanol–water partition coefficient (Wildman–Crippen LogP) is 2.66. The third-order valence-corrected chi connectivity index (χ3v) is 5.95. The standard InChI is InChI=1S/C20H19N5O2S/c1-15-7-8-19(18-6-3-9-22-20(15)18)28(26,27)24-11-16-4-2-5-17(10-16)12-25-14-21-13-23-25/h2-10,13-14,24H,11-12H2,1H3. The van der Waals surface area contributed by atoms with E-state index in [4.69, 9.17) is 0 Å².